The van der Waals surface area contributed by atoms with Gasteiger partial charge in [0.25, 0.3) is 5.56 Å². The highest BCUT2D eigenvalue weighted by Gasteiger charge is 2.28. The summed E-state index contributed by atoms with van der Waals surface area (Å²) in [6.45, 7) is 0.628. The van der Waals surface area contributed by atoms with Crippen molar-refractivity contribution in [3.63, 3.8) is 0 Å². The molecule has 7 heteroatoms. The fourth-order valence-corrected chi connectivity index (χ4v) is 3.34. The third kappa shape index (κ3) is 3.34. The Hall–Kier alpha value is -2.57. The highest BCUT2D eigenvalue weighted by molar-refractivity contribution is 5.76. The molecule has 1 aliphatic rings. The quantitative estimate of drug-likeness (QED) is 0.912. The van der Waals surface area contributed by atoms with Crippen molar-refractivity contribution < 1.29 is 4.79 Å². The second-order valence-corrected chi connectivity index (χ2v) is 6.23. The molecule has 7 nitrogen and oxygen atoms in total. The Labute approximate surface area is 139 Å². The maximum absolute atomic E-state index is 12.8. The number of aromatic amines is 1. The maximum Gasteiger partial charge on any atom is 0.328 e. The third-order valence-electron chi connectivity index (χ3n) is 4.60. The molecule has 0 radical (unpaired) electrons. The van der Waals surface area contributed by atoms with Crippen LogP contribution in [0.25, 0.3) is 0 Å². The number of hydrogen-bond donors (Lipinski definition) is 1. The summed E-state index contributed by atoms with van der Waals surface area (Å²) in [7, 11) is 1.98. The summed E-state index contributed by atoms with van der Waals surface area (Å²) < 4.78 is 3.29. The number of aryl methyl sites for hydroxylation is 1. The summed E-state index contributed by atoms with van der Waals surface area (Å²) >= 11 is 0. The van der Waals surface area contributed by atoms with Gasteiger partial charge in [0.1, 0.15) is 6.54 Å². The third-order valence-corrected chi connectivity index (χ3v) is 4.60. The number of aromatic nitrogens is 3. The molecule has 1 aliphatic heterocycles. The molecular weight excluding hydrogens is 308 g/mol. The van der Waals surface area contributed by atoms with Gasteiger partial charge in [0.2, 0.25) is 5.91 Å². The lowest BCUT2D eigenvalue weighted by atomic mass is 10.1. The van der Waals surface area contributed by atoms with E-state index in [0.29, 0.717) is 6.54 Å². The molecule has 2 aromatic heterocycles. The average Bonchev–Trinajstić information content (AvgIpc) is 2.82. The first-order valence-corrected chi connectivity index (χ1v) is 8.27. The summed E-state index contributed by atoms with van der Waals surface area (Å²) in [6.07, 6.45) is 7.42. The molecular formula is C17H22N4O3. The van der Waals surface area contributed by atoms with Crippen LogP contribution in [-0.4, -0.2) is 31.5 Å². The number of nitrogens with one attached hydrogen (secondary N) is 1. The van der Waals surface area contributed by atoms with Crippen LogP contribution in [0.3, 0.4) is 0 Å². The minimum Gasteiger partial charge on any atom is -0.353 e. The van der Waals surface area contributed by atoms with Crippen LogP contribution >= 0.6 is 0 Å². The van der Waals surface area contributed by atoms with Gasteiger partial charge in [0.05, 0.1) is 6.04 Å². The zero-order valence-electron chi connectivity index (χ0n) is 13.8. The summed E-state index contributed by atoms with van der Waals surface area (Å²) in [5.41, 5.74) is 0.0975. The first-order valence-electron chi connectivity index (χ1n) is 8.27. The Balaban J connectivity index is 1.86. The smallest absolute Gasteiger partial charge is 0.328 e. The number of nitrogens with zero attached hydrogens (tertiary/aromatic N) is 3. The number of rotatable bonds is 3. The van der Waals surface area contributed by atoms with E-state index in [0.717, 1.165) is 31.4 Å². The van der Waals surface area contributed by atoms with Gasteiger partial charge < -0.3 is 9.47 Å². The number of hydrogen-bond acceptors (Lipinski definition) is 3. The normalized spacial score (nSPS) is 18.4. The van der Waals surface area contributed by atoms with Gasteiger partial charge in [0, 0.05) is 37.7 Å². The average molecular weight is 330 g/mol. The van der Waals surface area contributed by atoms with Gasteiger partial charge in [-0.2, -0.15) is 0 Å². The van der Waals surface area contributed by atoms with Crippen molar-refractivity contribution in [2.75, 3.05) is 6.54 Å². The predicted molar refractivity (Wildman–Crippen MR) is 89.7 cm³/mol. The van der Waals surface area contributed by atoms with E-state index in [9.17, 15) is 14.4 Å². The lowest BCUT2D eigenvalue weighted by molar-refractivity contribution is -0.134. The van der Waals surface area contributed by atoms with Crippen LogP contribution in [0.4, 0.5) is 0 Å². The van der Waals surface area contributed by atoms with Gasteiger partial charge in [-0.1, -0.05) is 12.8 Å². The van der Waals surface area contributed by atoms with Crippen LogP contribution in [0, 0.1) is 0 Å². The second kappa shape index (κ2) is 6.90. The van der Waals surface area contributed by atoms with Gasteiger partial charge in [-0.05, 0) is 25.0 Å². The van der Waals surface area contributed by atoms with Crippen LogP contribution in [0.2, 0.25) is 0 Å². The van der Waals surface area contributed by atoms with Crippen molar-refractivity contribution in [3.05, 3.63) is 57.1 Å². The first-order chi connectivity index (χ1) is 11.6. The fourth-order valence-electron chi connectivity index (χ4n) is 3.34. The molecule has 1 amide bonds. The predicted octanol–water partition coefficient (Wildman–Crippen LogP) is 1.02. The molecule has 1 saturated heterocycles. The van der Waals surface area contributed by atoms with E-state index in [1.807, 2.05) is 34.8 Å². The van der Waals surface area contributed by atoms with Gasteiger partial charge in [0.15, 0.2) is 0 Å². The van der Waals surface area contributed by atoms with E-state index in [-0.39, 0.29) is 18.5 Å². The summed E-state index contributed by atoms with van der Waals surface area (Å²) in [4.78, 5) is 39.9. The first kappa shape index (κ1) is 16.3. The van der Waals surface area contributed by atoms with Crippen molar-refractivity contribution >= 4 is 5.91 Å². The highest BCUT2D eigenvalue weighted by atomic mass is 16.2. The highest BCUT2D eigenvalue weighted by Crippen LogP contribution is 2.30. The van der Waals surface area contributed by atoms with Crippen LogP contribution in [0.5, 0.6) is 0 Å². The Morgan fingerprint density at radius 2 is 2.04 bits per heavy atom. The van der Waals surface area contributed by atoms with E-state index < -0.39 is 11.2 Å². The lowest BCUT2D eigenvalue weighted by Crippen LogP contribution is -2.40. The van der Waals surface area contributed by atoms with Crippen LogP contribution < -0.4 is 11.2 Å². The number of likely N-dealkylation sites (tertiary alicyclic amines) is 1. The van der Waals surface area contributed by atoms with Crippen LogP contribution in [0.1, 0.15) is 37.4 Å². The van der Waals surface area contributed by atoms with E-state index in [1.54, 1.807) is 0 Å². The standard InChI is InChI=1S/C17H22N4O3/c1-19-9-5-7-13(19)14-6-3-2-4-10-21(14)16(23)12-20-11-8-15(22)18-17(20)24/h5,7-9,11,14H,2-4,6,10,12H2,1H3,(H,18,22,24)/t14-/m1/s1. The van der Waals surface area contributed by atoms with E-state index in [2.05, 4.69) is 4.98 Å². The molecule has 128 valence electrons. The van der Waals surface area contributed by atoms with Crippen molar-refractivity contribution in [2.45, 2.75) is 38.3 Å². The number of amides is 1. The topological polar surface area (TPSA) is 80.1 Å². The molecule has 2 aromatic rings. The zero-order chi connectivity index (χ0) is 17.1. The Bertz CT molecular complexity index is 833. The fraction of sp³-hybridized carbons (Fsp3) is 0.471. The molecule has 1 fully saturated rings. The van der Waals surface area contributed by atoms with E-state index >= 15 is 0 Å². The molecule has 0 aromatic carbocycles. The van der Waals surface area contributed by atoms with Gasteiger partial charge in [-0.3, -0.25) is 19.1 Å². The van der Waals surface area contributed by atoms with Crippen LogP contribution in [-0.2, 0) is 18.4 Å². The van der Waals surface area contributed by atoms with Crippen LogP contribution in [0.15, 0.2) is 40.2 Å². The molecule has 24 heavy (non-hydrogen) atoms. The number of carbonyl (C=O) groups is 1. The summed E-state index contributed by atoms with van der Waals surface area (Å²) in [6, 6.07) is 5.31. The van der Waals surface area contributed by atoms with Gasteiger partial charge >= 0.3 is 5.69 Å². The van der Waals surface area contributed by atoms with Crippen molar-refractivity contribution in [2.24, 2.45) is 7.05 Å². The molecule has 0 bridgehead atoms. The molecule has 3 rings (SSSR count). The second-order valence-electron chi connectivity index (χ2n) is 6.23. The van der Waals surface area contributed by atoms with Gasteiger partial charge in [-0.25, -0.2) is 4.79 Å². The summed E-state index contributed by atoms with van der Waals surface area (Å²) in [5.74, 6) is -0.0998. The molecule has 1 atom stereocenters. The Morgan fingerprint density at radius 1 is 1.21 bits per heavy atom. The van der Waals surface area contributed by atoms with E-state index in [1.165, 1.54) is 16.8 Å². The number of carbonyl (C=O) groups excluding carboxylic acids is 1. The molecule has 1 N–H and O–H groups in total. The lowest BCUT2D eigenvalue weighted by Gasteiger charge is -2.31. The van der Waals surface area contributed by atoms with Gasteiger partial charge in [-0.15, -0.1) is 0 Å². The van der Waals surface area contributed by atoms with Crippen molar-refractivity contribution in [1.29, 1.82) is 0 Å². The SMILES string of the molecule is Cn1cccc1[C@H]1CCCCCN1C(=O)Cn1ccc(=O)[nH]c1=O. The number of H-pyrrole nitrogens is 1. The van der Waals surface area contributed by atoms with Crippen molar-refractivity contribution in [3.8, 4) is 0 Å². The van der Waals surface area contributed by atoms with E-state index in [4.69, 9.17) is 0 Å². The minimum atomic E-state index is -0.555. The largest absolute Gasteiger partial charge is 0.353 e. The Kier molecular flexibility index (Phi) is 4.69. The molecule has 0 unspecified atom stereocenters. The Morgan fingerprint density at radius 3 is 2.75 bits per heavy atom. The molecule has 0 saturated carbocycles. The zero-order valence-corrected chi connectivity index (χ0v) is 13.8. The maximum atomic E-state index is 12.8. The molecule has 3 heterocycles. The molecule has 0 spiro atoms. The molecule has 0 aliphatic carbocycles. The summed E-state index contributed by atoms with van der Waals surface area (Å²) in [5, 5.41) is 0. The minimum absolute atomic E-state index is 0.0264. The monoisotopic (exact) mass is 330 g/mol. The van der Waals surface area contributed by atoms with Crippen molar-refractivity contribution in [1.82, 2.24) is 19.0 Å².